The minimum absolute atomic E-state index is 0.195. The molecular weight excluding hydrogens is 186 g/mol. The monoisotopic (exact) mass is 197 g/mol. The number of allylic oxidation sites excluding steroid dienone is 1. The zero-order chi connectivity index (χ0) is 10.7. The van der Waals surface area contributed by atoms with E-state index in [1.54, 1.807) is 6.08 Å². The lowest BCUT2D eigenvalue weighted by atomic mass is 10.0. The molecule has 0 radical (unpaired) electrons. The molecule has 1 rings (SSSR count). The molecule has 0 fully saturated rings. The molecule has 0 aromatic carbocycles. The number of nitrogens with zero attached hydrogens (tertiary/aromatic N) is 3. The largest absolute Gasteiger partial charge is 0.785 e. The van der Waals surface area contributed by atoms with Crippen LogP contribution in [0.5, 0.6) is 0 Å². The van der Waals surface area contributed by atoms with Crippen molar-refractivity contribution in [3.63, 3.8) is 0 Å². The van der Waals surface area contributed by atoms with Gasteiger partial charge < -0.3 is 20.5 Å². The van der Waals surface area contributed by atoms with Crippen molar-refractivity contribution >= 4 is 0 Å². The third-order valence-electron chi connectivity index (χ3n) is 2.10. The topological polar surface area (TPSA) is 82.0 Å². The first-order valence-corrected chi connectivity index (χ1v) is 4.12. The normalized spacial score (nSPS) is 21.6. The smallest absolute Gasteiger partial charge is 0.105 e. The van der Waals surface area contributed by atoms with Crippen molar-refractivity contribution in [2.75, 3.05) is 14.1 Å². The van der Waals surface area contributed by atoms with Crippen LogP contribution in [0.25, 0.3) is 0 Å². The van der Waals surface area contributed by atoms with Crippen molar-refractivity contribution in [2.24, 2.45) is 5.18 Å². The lowest BCUT2D eigenvalue weighted by molar-refractivity contribution is 0.320. The summed E-state index contributed by atoms with van der Waals surface area (Å²) in [5, 5.41) is 26.2. The van der Waals surface area contributed by atoms with Crippen LogP contribution in [-0.2, 0) is 0 Å². The van der Waals surface area contributed by atoms with Gasteiger partial charge in [-0.2, -0.15) is 0 Å². The van der Waals surface area contributed by atoms with Crippen molar-refractivity contribution in [3.05, 3.63) is 38.9 Å². The second-order valence-corrected chi connectivity index (χ2v) is 3.08. The molecule has 1 aliphatic carbocycles. The summed E-state index contributed by atoms with van der Waals surface area (Å²) < 4.78 is 0. The van der Waals surface area contributed by atoms with E-state index >= 15 is 0 Å². The van der Waals surface area contributed by atoms with E-state index in [0.717, 1.165) is 0 Å². The molecular formula is C8H11N3O3-2. The molecule has 6 heteroatoms. The first-order valence-electron chi connectivity index (χ1n) is 4.12. The van der Waals surface area contributed by atoms with Crippen LogP contribution < -0.4 is 0 Å². The lowest BCUT2D eigenvalue weighted by Crippen LogP contribution is -2.34. The Hall–Kier alpha value is -1.24. The summed E-state index contributed by atoms with van der Waals surface area (Å²) in [7, 11) is 2.63. The zero-order valence-electron chi connectivity index (χ0n) is 8.01. The molecule has 0 aromatic heterocycles. The molecule has 14 heavy (non-hydrogen) atoms. The van der Waals surface area contributed by atoms with E-state index < -0.39 is 6.04 Å². The van der Waals surface area contributed by atoms with Crippen LogP contribution >= 0.6 is 0 Å². The Morgan fingerprint density at radius 3 is 2.57 bits per heavy atom. The quantitative estimate of drug-likeness (QED) is 0.500. The summed E-state index contributed by atoms with van der Waals surface area (Å²) in [5.74, 6) is 0. The average molecular weight is 197 g/mol. The molecule has 1 atom stereocenters. The molecule has 0 saturated heterocycles. The van der Waals surface area contributed by atoms with Crippen LogP contribution in [0.1, 0.15) is 6.42 Å². The molecule has 0 N–H and O–H groups in total. The summed E-state index contributed by atoms with van der Waals surface area (Å²) in [6, 6.07) is -0.525. The van der Waals surface area contributed by atoms with Crippen LogP contribution in [0.3, 0.4) is 0 Å². The van der Waals surface area contributed by atoms with Crippen LogP contribution in [0.2, 0.25) is 0 Å². The third-order valence-corrected chi connectivity index (χ3v) is 2.10. The lowest BCUT2D eigenvalue weighted by Gasteiger charge is -2.42. The van der Waals surface area contributed by atoms with Crippen molar-refractivity contribution in [3.8, 4) is 0 Å². The second kappa shape index (κ2) is 4.32. The zero-order valence-corrected chi connectivity index (χ0v) is 8.01. The summed E-state index contributed by atoms with van der Waals surface area (Å²) in [6.07, 6.45) is 3.21. The average Bonchev–Trinajstić information content (AvgIpc) is 2.16. The van der Waals surface area contributed by atoms with Crippen molar-refractivity contribution in [1.82, 2.24) is 10.1 Å². The maximum Gasteiger partial charge on any atom is 0.105 e. The van der Waals surface area contributed by atoms with Gasteiger partial charge in [-0.1, -0.05) is 6.08 Å². The van der Waals surface area contributed by atoms with Gasteiger partial charge in [-0.05, 0) is 31.8 Å². The molecule has 0 heterocycles. The minimum atomic E-state index is -0.525. The number of rotatable bonds is 3. The van der Waals surface area contributed by atoms with Gasteiger partial charge in [0.25, 0.3) is 0 Å². The van der Waals surface area contributed by atoms with Gasteiger partial charge in [-0.25, -0.2) is 0 Å². The predicted octanol–water partition coefficient (Wildman–Crippen LogP) is 1.15. The highest BCUT2D eigenvalue weighted by atomic mass is 16.5. The van der Waals surface area contributed by atoms with E-state index in [-0.39, 0.29) is 11.4 Å². The summed E-state index contributed by atoms with van der Waals surface area (Å²) >= 11 is 0. The maximum atomic E-state index is 11.1. The SMILES string of the molecule is CN([O-])C1=CC(N=O)=CCC1N(C)[O-]. The highest BCUT2D eigenvalue weighted by molar-refractivity contribution is 5.30. The van der Waals surface area contributed by atoms with Gasteiger partial charge in [-0.3, -0.25) is 0 Å². The van der Waals surface area contributed by atoms with E-state index in [4.69, 9.17) is 0 Å². The summed E-state index contributed by atoms with van der Waals surface area (Å²) in [5.41, 5.74) is 0.459. The molecule has 0 aromatic rings. The molecule has 0 spiro atoms. The number of hydrogen-bond acceptors (Lipinski definition) is 6. The van der Waals surface area contributed by atoms with E-state index in [0.29, 0.717) is 16.5 Å². The summed E-state index contributed by atoms with van der Waals surface area (Å²) in [4.78, 5) is 10.2. The molecule has 0 amide bonds. The Morgan fingerprint density at radius 1 is 1.50 bits per heavy atom. The molecule has 0 aliphatic heterocycles. The first-order chi connectivity index (χ1) is 6.56. The van der Waals surface area contributed by atoms with Gasteiger partial charge in [-0.15, -0.1) is 4.91 Å². The Kier molecular flexibility index (Phi) is 3.34. The van der Waals surface area contributed by atoms with Crippen LogP contribution in [0, 0.1) is 15.3 Å². The van der Waals surface area contributed by atoms with E-state index in [1.807, 2.05) is 0 Å². The number of hydroxylamine groups is 4. The van der Waals surface area contributed by atoms with Gasteiger partial charge >= 0.3 is 0 Å². The van der Waals surface area contributed by atoms with Crippen LogP contribution in [-0.4, -0.2) is 30.3 Å². The Balaban J connectivity index is 2.93. The molecule has 1 unspecified atom stereocenters. The van der Waals surface area contributed by atoms with Gasteiger partial charge in [0.05, 0.1) is 0 Å². The molecule has 0 bridgehead atoms. The fourth-order valence-corrected chi connectivity index (χ4v) is 1.36. The maximum absolute atomic E-state index is 11.1. The Bertz CT molecular complexity index is 284. The number of likely N-dealkylation sites (N-methyl/N-ethyl adjacent to an activating group) is 2. The van der Waals surface area contributed by atoms with Gasteiger partial charge in [0.15, 0.2) is 0 Å². The summed E-state index contributed by atoms with van der Waals surface area (Å²) in [6.45, 7) is 0. The van der Waals surface area contributed by atoms with Gasteiger partial charge in [0.2, 0.25) is 0 Å². The van der Waals surface area contributed by atoms with Crippen LogP contribution in [0.4, 0.5) is 0 Å². The molecule has 6 nitrogen and oxygen atoms in total. The minimum Gasteiger partial charge on any atom is -0.785 e. The number of hydrogen-bond donors (Lipinski definition) is 0. The van der Waals surface area contributed by atoms with Gasteiger partial charge in [0.1, 0.15) is 5.70 Å². The van der Waals surface area contributed by atoms with Crippen LogP contribution in [0.15, 0.2) is 28.7 Å². The fraction of sp³-hybridized carbons (Fsp3) is 0.500. The van der Waals surface area contributed by atoms with E-state index in [9.17, 15) is 15.3 Å². The first kappa shape index (κ1) is 10.8. The van der Waals surface area contributed by atoms with E-state index in [1.165, 1.54) is 20.2 Å². The number of nitroso groups, excluding NO2 is 1. The fourth-order valence-electron chi connectivity index (χ4n) is 1.36. The highest BCUT2D eigenvalue weighted by Crippen LogP contribution is 2.23. The standard InChI is InChI=1S/C8H11N3O3/c1-10(13)7-4-3-6(9-12)5-8(7)11(2)14/h3,5,7H,4H2,1-2H3/q-2. The Labute approximate surface area is 81.6 Å². The highest BCUT2D eigenvalue weighted by Gasteiger charge is 2.17. The predicted molar refractivity (Wildman–Crippen MR) is 52.6 cm³/mol. The van der Waals surface area contributed by atoms with Gasteiger partial charge in [0, 0.05) is 11.7 Å². The molecule has 0 saturated carbocycles. The Morgan fingerprint density at radius 2 is 2.14 bits per heavy atom. The van der Waals surface area contributed by atoms with Crippen molar-refractivity contribution in [2.45, 2.75) is 12.5 Å². The second-order valence-electron chi connectivity index (χ2n) is 3.08. The van der Waals surface area contributed by atoms with Crippen molar-refractivity contribution in [1.29, 1.82) is 0 Å². The van der Waals surface area contributed by atoms with E-state index in [2.05, 4.69) is 5.18 Å². The van der Waals surface area contributed by atoms with Crippen molar-refractivity contribution < 1.29 is 0 Å². The molecule has 1 aliphatic rings. The third kappa shape index (κ3) is 2.16. The molecule has 78 valence electrons.